The van der Waals surface area contributed by atoms with Crippen LogP contribution in [0.2, 0.25) is 0 Å². The summed E-state index contributed by atoms with van der Waals surface area (Å²) in [6.07, 6.45) is 3.57. The zero-order valence-electron chi connectivity index (χ0n) is 12.3. The average Bonchev–Trinajstić information content (AvgIpc) is 3.38. The number of sulfonamides is 1. The maximum absolute atomic E-state index is 12.4. The van der Waals surface area contributed by atoms with E-state index in [1.807, 2.05) is 6.07 Å². The van der Waals surface area contributed by atoms with E-state index in [1.165, 1.54) is 12.3 Å². The number of benzene rings is 1. The molecule has 7 heteroatoms. The zero-order chi connectivity index (χ0) is 16.4. The first-order valence-electron chi connectivity index (χ1n) is 7.23. The molecular formula is C16H16N2O4S. The highest BCUT2D eigenvalue weighted by molar-refractivity contribution is 7.89. The summed E-state index contributed by atoms with van der Waals surface area (Å²) in [5.74, 6) is -0.632. The smallest absolute Gasteiger partial charge is 0.354 e. The molecule has 2 aromatic rings. The van der Waals surface area contributed by atoms with Crippen LogP contribution < -0.4 is 4.72 Å². The second-order valence-corrected chi connectivity index (χ2v) is 7.30. The number of carbonyl (C=O) groups is 1. The molecule has 1 aromatic carbocycles. The third-order valence-electron chi connectivity index (χ3n) is 3.73. The van der Waals surface area contributed by atoms with Crippen LogP contribution in [-0.2, 0) is 16.6 Å². The van der Waals surface area contributed by atoms with Gasteiger partial charge < -0.3 is 5.11 Å². The van der Waals surface area contributed by atoms with Gasteiger partial charge in [0.1, 0.15) is 5.69 Å². The van der Waals surface area contributed by atoms with Gasteiger partial charge in [0.05, 0.1) is 4.90 Å². The Labute approximate surface area is 134 Å². The van der Waals surface area contributed by atoms with Gasteiger partial charge in [-0.3, -0.25) is 0 Å². The SMILES string of the molecule is O=C(O)c1ccc(CNS(=O)(=O)c2cccc(C3CC3)c2)cn1. The van der Waals surface area contributed by atoms with Crippen LogP contribution in [-0.4, -0.2) is 24.5 Å². The molecule has 120 valence electrons. The predicted octanol–water partition coefficient (Wildman–Crippen LogP) is 2.14. The molecule has 1 saturated carbocycles. The third kappa shape index (κ3) is 3.75. The maximum Gasteiger partial charge on any atom is 0.354 e. The van der Waals surface area contributed by atoms with Crippen LogP contribution in [0, 0.1) is 0 Å². The van der Waals surface area contributed by atoms with Gasteiger partial charge in [-0.2, -0.15) is 0 Å². The number of nitrogens with one attached hydrogen (secondary N) is 1. The van der Waals surface area contributed by atoms with E-state index in [0.717, 1.165) is 18.4 Å². The number of nitrogens with zero attached hydrogens (tertiary/aromatic N) is 1. The standard InChI is InChI=1S/C16H16N2O4S/c19-16(20)15-7-4-11(9-17-15)10-18-23(21,22)14-3-1-2-13(8-14)12-5-6-12/h1-4,7-9,12,18H,5-6,10H2,(H,19,20). The van der Waals surface area contributed by atoms with Gasteiger partial charge >= 0.3 is 5.97 Å². The Morgan fingerprint density at radius 1 is 1.26 bits per heavy atom. The predicted molar refractivity (Wildman–Crippen MR) is 83.6 cm³/mol. The van der Waals surface area contributed by atoms with Crippen molar-refractivity contribution in [2.45, 2.75) is 30.2 Å². The number of hydrogen-bond acceptors (Lipinski definition) is 4. The van der Waals surface area contributed by atoms with Gasteiger partial charge in [-0.05, 0) is 48.1 Å². The van der Waals surface area contributed by atoms with Crippen LogP contribution in [0.5, 0.6) is 0 Å². The Morgan fingerprint density at radius 3 is 2.65 bits per heavy atom. The lowest BCUT2D eigenvalue weighted by Gasteiger charge is -2.08. The number of hydrogen-bond donors (Lipinski definition) is 2. The topological polar surface area (TPSA) is 96.4 Å². The number of carboxylic acids is 1. The molecule has 0 radical (unpaired) electrons. The first kappa shape index (κ1) is 15.6. The number of pyridine rings is 1. The third-order valence-corrected chi connectivity index (χ3v) is 5.13. The molecule has 1 fully saturated rings. The van der Waals surface area contributed by atoms with E-state index < -0.39 is 16.0 Å². The molecular weight excluding hydrogens is 316 g/mol. The van der Waals surface area contributed by atoms with E-state index in [9.17, 15) is 13.2 Å². The fraction of sp³-hybridized carbons (Fsp3) is 0.250. The molecule has 0 amide bonds. The van der Waals surface area contributed by atoms with Gasteiger partial charge in [-0.15, -0.1) is 0 Å². The molecule has 6 nitrogen and oxygen atoms in total. The summed E-state index contributed by atoms with van der Waals surface area (Å²) >= 11 is 0. The van der Waals surface area contributed by atoms with Crippen molar-refractivity contribution in [2.24, 2.45) is 0 Å². The number of aromatic carboxylic acids is 1. The Balaban J connectivity index is 1.71. The second kappa shape index (κ2) is 6.10. The van der Waals surface area contributed by atoms with Crippen LogP contribution in [0.4, 0.5) is 0 Å². The van der Waals surface area contributed by atoms with E-state index in [0.29, 0.717) is 11.5 Å². The van der Waals surface area contributed by atoms with Gasteiger partial charge in [0.2, 0.25) is 10.0 Å². The quantitative estimate of drug-likeness (QED) is 0.845. The Morgan fingerprint density at radius 2 is 2.04 bits per heavy atom. The van der Waals surface area contributed by atoms with Crippen molar-refractivity contribution >= 4 is 16.0 Å². The Kier molecular flexibility index (Phi) is 4.14. The van der Waals surface area contributed by atoms with Crippen LogP contribution >= 0.6 is 0 Å². The molecule has 3 rings (SSSR count). The summed E-state index contributed by atoms with van der Waals surface area (Å²) in [5, 5.41) is 8.79. The van der Waals surface area contributed by atoms with E-state index >= 15 is 0 Å². The lowest BCUT2D eigenvalue weighted by molar-refractivity contribution is 0.0690. The lowest BCUT2D eigenvalue weighted by atomic mass is 10.1. The molecule has 0 atom stereocenters. The monoisotopic (exact) mass is 332 g/mol. The highest BCUT2D eigenvalue weighted by Crippen LogP contribution is 2.40. The maximum atomic E-state index is 12.4. The second-order valence-electron chi connectivity index (χ2n) is 5.53. The van der Waals surface area contributed by atoms with Gasteiger partial charge in [-0.1, -0.05) is 18.2 Å². The normalized spacial score (nSPS) is 14.6. The van der Waals surface area contributed by atoms with Gasteiger partial charge in [0.15, 0.2) is 0 Å². The summed E-state index contributed by atoms with van der Waals surface area (Å²) in [4.78, 5) is 14.7. The van der Waals surface area contributed by atoms with Crippen LogP contribution in [0.3, 0.4) is 0 Å². The fourth-order valence-electron chi connectivity index (χ4n) is 2.27. The minimum Gasteiger partial charge on any atom is -0.477 e. The molecule has 1 aromatic heterocycles. The van der Waals surface area contributed by atoms with Crippen molar-refractivity contribution < 1.29 is 18.3 Å². The molecule has 0 spiro atoms. The molecule has 0 saturated heterocycles. The molecule has 0 aliphatic heterocycles. The fourth-order valence-corrected chi connectivity index (χ4v) is 3.34. The van der Waals surface area contributed by atoms with E-state index in [-0.39, 0.29) is 17.1 Å². The van der Waals surface area contributed by atoms with Crippen LogP contribution in [0.15, 0.2) is 47.5 Å². The number of aromatic nitrogens is 1. The first-order valence-corrected chi connectivity index (χ1v) is 8.72. The summed E-state index contributed by atoms with van der Waals surface area (Å²) in [7, 11) is -3.61. The average molecular weight is 332 g/mol. The van der Waals surface area contributed by atoms with Crippen molar-refractivity contribution in [1.29, 1.82) is 0 Å². The summed E-state index contributed by atoms with van der Waals surface area (Å²) in [6, 6.07) is 9.88. The molecule has 23 heavy (non-hydrogen) atoms. The minimum atomic E-state index is -3.61. The summed E-state index contributed by atoms with van der Waals surface area (Å²) in [6.45, 7) is 0.0584. The molecule has 0 bridgehead atoms. The van der Waals surface area contributed by atoms with Crippen LogP contribution in [0.25, 0.3) is 0 Å². The number of rotatable bonds is 6. The van der Waals surface area contributed by atoms with Crippen molar-refractivity contribution in [3.05, 3.63) is 59.4 Å². The molecule has 2 N–H and O–H groups in total. The van der Waals surface area contributed by atoms with Gasteiger partial charge in [0, 0.05) is 12.7 Å². The van der Waals surface area contributed by atoms with Crippen LogP contribution in [0.1, 0.15) is 40.4 Å². The highest BCUT2D eigenvalue weighted by atomic mass is 32.2. The van der Waals surface area contributed by atoms with Gasteiger partial charge in [0.25, 0.3) is 0 Å². The molecule has 1 aliphatic carbocycles. The van der Waals surface area contributed by atoms with Crippen molar-refractivity contribution in [1.82, 2.24) is 9.71 Å². The van der Waals surface area contributed by atoms with Gasteiger partial charge in [-0.25, -0.2) is 22.9 Å². The van der Waals surface area contributed by atoms with Crippen molar-refractivity contribution in [3.63, 3.8) is 0 Å². The van der Waals surface area contributed by atoms with E-state index in [1.54, 1.807) is 24.3 Å². The Hall–Kier alpha value is -2.25. The molecule has 1 aliphatic rings. The lowest BCUT2D eigenvalue weighted by Crippen LogP contribution is -2.23. The van der Waals surface area contributed by atoms with E-state index in [2.05, 4.69) is 9.71 Å². The first-order chi connectivity index (χ1) is 11.0. The Bertz CT molecular complexity index is 827. The minimum absolute atomic E-state index is 0.0584. The number of carboxylic acid groups (broad SMARTS) is 1. The van der Waals surface area contributed by atoms with Crippen molar-refractivity contribution in [2.75, 3.05) is 0 Å². The summed E-state index contributed by atoms with van der Waals surface area (Å²) in [5.41, 5.74) is 1.58. The highest BCUT2D eigenvalue weighted by Gasteiger charge is 2.25. The zero-order valence-corrected chi connectivity index (χ0v) is 13.1. The van der Waals surface area contributed by atoms with Crippen molar-refractivity contribution in [3.8, 4) is 0 Å². The molecule has 1 heterocycles. The van der Waals surface area contributed by atoms with E-state index in [4.69, 9.17) is 5.11 Å². The largest absolute Gasteiger partial charge is 0.477 e. The summed E-state index contributed by atoms with van der Waals surface area (Å²) < 4.78 is 27.2. The molecule has 0 unspecified atom stereocenters.